The first-order valence-corrected chi connectivity index (χ1v) is 7.58. The maximum atomic E-state index is 5.53. The summed E-state index contributed by atoms with van der Waals surface area (Å²) in [4.78, 5) is 15.1. The lowest BCUT2D eigenvalue weighted by atomic mass is 10.0. The molecule has 0 spiro atoms. The zero-order valence-electron chi connectivity index (χ0n) is 13.1. The first kappa shape index (κ1) is 15.8. The van der Waals surface area contributed by atoms with E-state index in [-0.39, 0.29) is 0 Å². The predicted molar refractivity (Wildman–Crippen MR) is 82.0 cm³/mol. The molecule has 0 unspecified atom stereocenters. The third kappa shape index (κ3) is 4.70. The summed E-state index contributed by atoms with van der Waals surface area (Å²) in [6, 6.07) is 0.380. The Bertz CT molecular complexity index is 437. The van der Waals surface area contributed by atoms with E-state index in [0.717, 1.165) is 39.0 Å². The van der Waals surface area contributed by atoms with Gasteiger partial charge in [-0.3, -0.25) is 0 Å². The predicted octanol–water partition coefficient (Wildman–Crippen LogP) is 1.56. The lowest BCUT2D eigenvalue weighted by Crippen LogP contribution is -2.31. The molecule has 0 bridgehead atoms. The molecular weight excluding hydrogens is 270 g/mol. The van der Waals surface area contributed by atoms with Gasteiger partial charge < -0.3 is 19.7 Å². The van der Waals surface area contributed by atoms with Gasteiger partial charge in [0.1, 0.15) is 0 Å². The van der Waals surface area contributed by atoms with E-state index in [4.69, 9.17) is 9.47 Å². The number of hydrogen-bond acceptors (Lipinski definition) is 7. The fraction of sp³-hybridized carbons (Fsp3) is 0.786. The van der Waals surface area contributed by atoms with Crippen molar-refractivity contribution < 1.29 is 9.47 Å². The summed E-state index contributed by atoms with van der Waals surface area (Å²) in [6.45, 7) is 5.28. The Morgan fingerprint density at radius 3 is 2.71 bits per heavy atom. The Balaban J connectivity index is 2.05. The van der Waals surface area contributed by atoms with Crippen LogP contribution in [0, 0.1) is 5.92 Å². The molecule has 1 aliphatic heterocycles. The van der Waals surface area contributed by atoms with Gasteiger partial charge in [-0.25, -0.2) is 0 Å². The van der Waals surface area contributed by atoms with Crippen molar-refractivity contribution in [3.8, 4) is 6.01 Å². The first-order valence-electron chi connectivity index (χ1n) is 7.58. The summed E-state index contributed by atoms with van der Waals surface area (Å²) in [5.74, 6) is 1.80. The van der Waals surface area contributed by atoms with Gasteiger partial charge in [-0.05, 0) is 25.2 Å². The number of ether oxygens (including phenoxy) is 2. The largest absolute Gasteiger partial charge is 0.463 e. The average Bonchev–Trinajstić information content (AvgIpc) is 2.53. The Hall–Kier alpha value is -1.63. The smallest absolute Gasteiger partial charge is 0.323 e. The first-order chi connectivity index (χ1) is 10.2. The molecule has 0 amide bonds. The highest BCUT2D eigenvalue weighted by Crippen LogP contribution is 2.19. The monoisotopic (exact) mass is 295 g/mol. The topological polar surface area (TPSA) is 72.4 Å². The van der Waals surface area contributed by atoms with E-state index < -0.39 is 0 Å². The molecule has 0 aromatic carbocycles. The van der Waals surface area contributed by atoms with Crippen molar-refractivity contribution in [3.05, 3.63) is 0 Å². The van der Waals surface area contributed by atoms with Crippen LogP contribution in [0.1, 0.15) is 26.2 Å². The lowest BCUT2D eigenvalue weighted by Gasteiger charge is -2.27. The zero-order chi connectivity index (χ0) is 15.1. The highest BCUT2D eigenvalue weighted by atomic mass is 16.5. The Labute approximate surface area is 126 Å². The second kappa shape index (κ2) is 7.97. The summed E-state index contributed by atoms with van der Waals surface area (Å²) in [5.41, 5.74) is 0. The number of aromatic nitrogens is 3. The van der Waals surface area contributed by atoms with Crippen LogP contribution in [0.4, 0.5) is 11.9 Å². The molecule has 1 aromatic rings. The molecule has 1 aromatic heterocycles. The molecule has 1 N–H and O–H groups in total. The normalized spacial score (nSPS) is 15.8. The second-order valence-electron chi connectivity index (χ2n) is 5.28. The third-order valence-electron chi connectivity index (χ3n) is 3.48. The van der Waals surface area contributed by atoms with Gasteiger partial charge in [0.25, 0.3) is 0 Å². The fourth-order valence-electron chi connectivity index (χ4n) is 2.28. The van der Waals surface area contributed by atoms with E-state index in [1.807, 2.05) is 7.05 Å². The van der Waals surface area contributed by atoms with E-state index in [2.05, 4.69) is 32.1 Å². The quantitative estimate of drug-likeness (QED) is 0.818. The average molecular weight is 295 g/mol. The third-order valence-corrected chi connectivity index (χ3v) is 3.48. The van der Waals surface area contributed by atoms with Crippen LogP contribution < -0.4 is 15.0 Å². The minimum atomic E-state index is 0.380. The van der Waals surface area contributed by atoms with Gasteiger partial charge in [0.2, 0.25) is 11.9 Å². The Morgan fingerprint density at radius 2 is 2.05 bits per heavy atom. The minimum Gasteiger partial charge on any atom is -0.463 e. The van der Waals surface area contributed by atoms with Gasteiger partial charge >= 0.3 is 6.01 Å². The maximum absolute atomic E-state index is 5.53. The van der Waals surface area contributed by atoms with E-state index in [9.17, 15) is 0 Å². The molecule has 2 rings (SSSR count). The van der Waals surface area contributed by atoms with E-state index in [0.29, 0.717) is 30.4 Å². The molecule has 1 saturated heterocycles. The number of anilines is 2. The maximum Gasteiger partial charge on any atom is 0.323 e. The van der Waals surface area contributed by atoms with Gasteiger partial charge in [0.05, 0.1) is 6.61 Å². The summed E-state index contributed by atoms with van der Waals surface area (Å²) in [5, 5.41) is 2.95. The van der Waals surface area contributed by atoms with Gasteiger partial charge in [-0.2, -0.15) is 15.0 Å². The number of rotatable bonds is 7. The summed E-state index contributed by atoms with van der Waals surface area (Å²) in [7, 11) is 3.80. The van der Waals surface area contributed by atoms with Crippen LogP contribution in [-0.4, -0.2) is 55.4 Å². The summed E-state index contributed by atoms with van der Waals surface area (Å²) >= 11 is 0. The highest BCUT2D eigenvalue weighted by Gasteiger charge is 2.18. The molecule has 1 aliphatic rings. The molecule has 0 radical (unpaired) electrons. The van der Waals surface area contributed by atoms with Gasteiger partial charge in [0, 0.05) is 33.9 Å². The minimum absolute atomic E-state index is 0.380. The Kier molecular flexibility index (Phi) is 5.98. The number of nitrogens with zero attached hydrogens (tertiary/aromatic N) is 4. The SMILES string of the molecule is CCCOc1nc(NC)nc(N(C)CC2CCOCC2)n1. The molecule has 2 heterocycles. The van der Waals surface area contributed by atoms with Crippen molar-refractivity contribution in [1.29, 1.82) is 0 Å². The van der Waals surface area contributed by atoms with Gasteiger partial charge in [0.15, 0.2) is 0 Å². The molecule has 1 fully saturated rings. The molecular formula is C14H25N5O2. The van der Waals surface area contributed by atoms with Crippen molar-refractivity contribution in [3.63, 3.8) is 0 Å². The molecule has 118 valence electrons. The van der Waals surface area contributed by atoms with Crippen molar-refractivity contribution in [2.75, 3.05) is 50.7 Å². The van der Waals surface area contributed by atoms with Crippen LogP contribution in [0.5, 0.6) is 6.01 Å². The number of nitrogens with one attached hydrogen (secondary N) is 1. The lowest BCUT2D eigenvalue weighted by molar-refractivity contribution is 0.0684. The van der Waals surface area contributed by atoms with E-state index in [1.165, 1.54) is 0 Å². The van der Waals surface area contributed by atoms with Crippen molar-refractivity contribution >= 4 is 11.9 Å². The molecule has 0 saturated carbocycles. The van der Waals surface area contributed by atoms with Crippen molar-refractivity contribution in [2.24, 2.45) is 5.92 Å². The molecule has 7 heteroatoms. The summed E-state index contributed by atoms with van der Waals surface area (Å²) < 4.78 is 10.9. The van der Waals surface area contributed by atoms with E-state index in [1.54, 1.807) is 7.05 Å². The molecule has 21 heavy (non-hydrogen) atoms. The second-order valence-corrected chi connectivity index (χ2v) is 5.28. The van der Waals surface area contributed by atoms with Crippen molar-refractivity contribution in [1.82, 2.24) is 15.0 Å². The molecule has 0 atom stereocenters. The highest BCUT2D eigenvalue weighted by molar-refractivity contribution is 5.37. The molecule has 0 aliphatic carbocycles. The Morgan fingerprint density at radius 1 is 1.29 bits per heavy atom. The zero-order valence-corrected chi connectivity index (χ0v) is 13.1. The standard InChI is InChI=1S/C14H25N5O2/c1-4-7-21-14-17-12(15-2)16-13(18-14)19(3)10-11-5-8-20-9-6-11/h11H,4-10H2,1-3H3,(H,15,16,17,18). The van der Waals surface area contributed by atoms with Crippen LogP contribution in [0.15, 0.2) is 0 Å². The van der Waals surface area contributed by atoms with Gasteiger partial charge in [-0.15, -0.1) is 0 Å². The number of hydrogen-bond donors (Lipinski definition) is 1. The fourth-order valence-corrected chi connectivity index (χ4v) is 2.28. The molecule has 7 nitrogen and oxygen atoms in total. The summed E-state index contributed by atoms with van der Waals surface area (Å²) in [6.07, 6.45) is 3.11. The van der Waals surface area contributed by atoms with Gasteiger partial charge in [-0.1, -0.05) is 6.92 Å². The van der Waals surface area contributed by atoms with Crippen LogP contribution >= 0.6 is 0 Å². The van der Waals surface area contributed by atoms with Crippen LogP contribution in [0.25, 0.3) is 0 Å². The van der Waals surface area contributed by atoms with Crippen LogP contribution in [-0.2, 0) is 4.74 Å². The van der Waals surface area contributed by atoms with Crippen molar-refractivity contribution in [2.45, 2.75) is 26.2 Å². The van der Waals surface area contributed by atoms with Crippen LogP contribution in [0.3, 0.4) is 0 Å². The van der Waals surface area contributed by atoms with E-state index >= 15 is 0 Å². The van der Waals surface area contributed by atoms with Crippen LogP contribution in [0.2, 0.25) is 0 Å².